The van der Waals surface area contributed by atoms with Crippen LogP contribution in [0.4, 0.5) is 0 Å². The van der Waals surface area contributed by atoms with Crippen molar-refractivity contribution in [2.24, 2.45) is 0 Å². The average Bonchev–Trinajstić information content (AvgIpc) is 3.18. The van der Waals surface area contributed by atoms with Crippen LogP contribution in [0, 0.1) is 71.0 Å². The second-order valence-corrected chi connectivity index (χ2v) is 17.0. The number of ether oxygens (including phenoxy) is 2. The van der Waals surface area contributed by atoms with Crippen LogP contribution >= 0.6 is 23.5 Å². The molecule has 0 spiro atoms. The van der Waals surface area contributed by atoms with E-state index in [0.717, 1.165) is 25.7 Å². The second kappa shape index (κ2) is 32.2. The van der Waals surface area contributed by atoms with E-state index in [2.05, 4.69) is 81.1 Å². The van der Waals surface area contributed by atoms with Crippen LogP contribution in [0.5, 0.6) is 0 Å². The molecular formula is C39H78NO19P3. The number of carbonyl (C=O) groups excluding carboxylic acids is 2. The van der Waals surface area contributed by atoms with Crippen molar-refractivity contribution in [1.82, 2.24) is 6.15 Å². The van der Waals surface area contributed by atoms with Gasteiger partial charge in [-0.1, -0.05) is 89.9 Å². The average molecular weight is 958 g/mol. The molecule has 1 fully saturated rings. The van der Waals surface area contributed by atoms with E-state index < -0.39 is 91.3 Å². The highest BCUT2D eigenvalue weighted by atomic mass is 31.2. The molecule has 0 saturated heterocycles. The minimum Gasteiger partial charge on any atom is -0.456 e. The molecule has 11 N–H and O–H groups in total. The van der Waals surface area contributed by atoms with Gasteiger partial charge < -0.3 is 55.4 Å². The third kappa shape index (κ3) is 28.2. The summed E-state index contributed by atoms with van der Waals surface area (Å²) >= 11 is 0. The highest BCUT2D eigenvalue weighted by Crippen LogP contribution is 2.51. The van der Waals surface area contributed by atoms with Crippen molar-refractivity contribution in [3.63, 3.8) is 0 Å². The fourth-order valence-electron chi connectivity index (χ4n) is 5.46. The zero-order valence-electron chi connectivity index (χ0n) is 34.5. The Morgan fingerprint density at radius 1 is 0.581 bits per heavy atom. The van der Waals surface area contributed by atoms with Crippen molar-refractivity contribution < 1.29 is 106 Å². The van der Waals surface area contributed by atoms with Gasteiger partial charge in [0.15, 0.2) is 6.10 Å². The van der Waals surface area contributed by atoms with Crippen molar-refractivity contribution >= 4 is 35.4 Å². The van der Waals surface area contributed by atoms with Gasteiger partial charge in [0, 0.05) is 28.0 Å². The largest absolute Gasteiger partial charge is 0.472 e. The van der Waals surface area contributed by atoms with Crippen LogP contribution in [-0.2, 0) is 50.9 Å². The Morgan fingerprint density at radius 3 is 1.47 bits per heavy atom. The summed E-state index contributed by atoms with van der Waals surface area (Å²) in [6, 6.07) is 0. The summed E-state index contributed by atoms with van der Waals surface area (Å²) in [6.07, 6.45) is -2.99. The van der Waals surface area contributed by atoms with Crippen molar-refractivity contribution in [2.45, 2.75) is 146 Å². The van der Waals surface area contributed by atoms with Crippen molar-refractivity contribution in [3.8, 4) is 71.0 Å². The lowest BCUT2D eigenvalue weighted by atomic mass is 9.85. The Bertz CT molecular complexity index is 1980. The van der Waals surface area contributed by atoms with Gasteiger partial charge in [0.2, 0.25) is 0 Å². The molecule has 0 aromatic carbocycles. The molecule has 0 aromatic heterocycles. The molecule has 368 valence electrons. The van der Waals surface area contributed by atoms with Gasteiger partial charge in [-0.3, -0.25) is 22.9 Å². The lowest BCUT2D eigenvalue weighted by molar-refractivity contribution is -0.213. The molecule has 1 saturated carbocycles. The van der Waals surface area contributed by atoms with E-state index in [4.69, 9.17) is 18.5 Å². The van der Waals surface area contributed by atoms with Crippen LogP contribution in [0.1, 0.15) is 119 Å². The van der Waals surface area contributed by atoms with E-state index >= 15 is 0 Å². The van der Waals surface area contributed by atoms with E-state index in [0.29, 0.717) is 12.8 Å². The van der Waals surface area contributed by atoms with Crippen LogP contribution in [0.2, 0.25) is 0 Å². The highest BCUT2D eigenvalue weighted by Gasteiger charge is 2.56. The Kier molecular flexibility index (Phi) is 30.3. The topological polar surface area (TPSA) is 338 Å². The summed E-state index contributed by atoms with van der Waals surface area (Å²) < 4.78 is 64.5. The van der Waals surface area contributed by atoms with Crippen molar-refractivity contribution in [1.29, 1.82) is 0 Å². The Labute approximate surface area is 378 Å². The molecule has 20 nitrogen and oxygen atoms in total. The van der Waals surface area contributed by atoms with Crippen LogP contribution in [-0.4, -0.2) is 108 Å². The van der Waals surface area contributed by atoms with E-state index in [-0.39, 0.29) is 28.3 Å². The zero-order chi connectivity index (χ0) is 45.7. The number of phosphoric acid groups is 3. The summed E-state index contributed by atoms with van der Waals surface area (Å²) in [7, 11) is -16.7. The molecule has 23 heteroatoms. The Morgan fingerprint density at radius 2 is 1.00 bits per heavy atom. The summed E-state index contributed by atoms with van der Waals surface area (Å²) in [5, 5.41) is 31.7. The number of rotatable bonds is 26. The van der Waals surface area contributed by atoms with Crippen LogP contribution in [0.15, 0.2) is 0 Å². The molecule has 1 aliphatic carbocycles. The quantitative estimate of drug-likeness (QED) is 0.0173. The first-order valence-electron chi connectivity index (χ1n) is 19.3. The minimum atomic E-state index is -5.63. The van der Waals surface area contributed by atoms with Gasteiger partial charge in [-0.15, -0.1) is 0 Å². The molecule has 1 aliphatic rings. The Hall–Kier alpha value is -3.53. The number of hydrogen-bond donors (Lipinski definition) is 9. The number of hydrogen-bond acceptors (Lipinski definition) is 15. The SMILES string of the molecule is CC#CC#CC#CC#CC#CC#CC(=O)OC[C@H](COP(=O)(O)OC1C(O)[C@@H](O)C(OP(=O)(O)O)[C@@H](OP(=O)(O)O)[C@H]1O)OC(=O)CCCCCCCCCCCCCCC.N.[HH].[HH].[HH].[HH].[HH].[HH].[HH].[HH].[HH].[HH].[HH]. The molecule has 1 rings (SSSR count). The Balaban J connectivity index is -0.000000310. The predicted octanol–water partition coefficient (Wildman–Crippen LogP) is 5.39. The van der Waals surface area contributed by atoms with Gasteiger partial charge in [0.25, 0.3) is 0 Å². The van der Waals surface area contributed by atoms with Crippen LogP contribution in [0.25, 0.3) is 0 Å². The second-order valence-electron chi connectivity index (χ2n) is 13.3. The smallest absolute Gasteiger partial charge is 0.456 e. The maximum atomic E-state index is 13.0. The number of phosphoric ester groups is 3. The van der Waals surface area contributed by atoms with Gasteiger partial charge in [-0.05, 0) is 72.5 Å². The summed E-state index contributed by atoms with van der Waals surface area (Å²) in [5.41, 5.74) is 0. The summed E-state index contributed by atoms with van der Waals surface area (Å²) in [4.78, 5) is 72.3. The lowest BCUT2D eigenvalue weighted by Gasteiger charge is -2.44. The normalized spacial score (nSPS) is 20.5. The zero-order valence-corrected chi connectivity index (χ0v) is 37.2. The first kappa shape index (κ1) is 58.5. The van der Waals surface area contributed by atoms with Gasteiger partial charge >= 0.3 is 35.4 Å². The van der Waals surface area contributed by atoms with Crippen LogP contribution < -0.4 is 6.15 Å². The summed E-state index contributed by atoms with van der Waals surface area (Å²) in [5.74, 6) is 26.3. The monoisotopic (exact) mass is 957 g/mol. The number of unbranched alkanes of at least 4 members (excludes halogenated alkanes) is 12. The number of carbonyl (C=O) groups is 2. The van der Waals surface area contributed by atoms with Gasteiger partial charge in [-0.2, -0.15) is 0 Å². The van der Waals surface area contributed by atoms with Crippen molar-refractivity contribution in [3.05, 3.63) is 0 Å². The van der Waals surface area contributed by atoms with E-state index in [1.807, 2.05) is 5.92 Å². The van der Waals surface area contributed by atoms with Gasteiger partial charge in [0.05, 0.1) is 6.61 Å². The van der Waals surface area contributed by atoms with E-state index in [1.54, 1.807) is 6.92 Å². The molecular weight excluding hydrogens is 879 g/mol. The molecule has 8 atom stereocenters. The maximum absolute atomic E-state index is 13.0. The third-order valence-electron chi connectivity index (χ3n) is 8.25. The highest BCUT2D eigenvalue weighted by molar-refractivity contribution is 7.47. The first-order chi connectivity index (χ1) is 28.8. The molecule has 0 aromatic rings. The molecule has 0 radical (unpaired) electrons. The lowest BCUT2D eigenvalue weighted by Crippen LogP contribution is -2.65. The van der Waals surface area contributed by atoms with Gasteiger partial charge in [0.1, 0.15) is 43.2 Å². The maximum Gasteiger partial charge on any atom is 0.472 e. The fourth-order valence-corrected chi connectivity index (χ4v) is 7.56. The standard InChI is InChI=1S/C39H53O19P3.H3N.11H2/c1-3-5-7-9-11-13-15-16-18-20-22-24-26-28-33(41)55-31(29-53-32(40)27-25-23-21-19-17-14-12-10-8-6-4-2)30-54-61(51,52)58-37-34(42)35(43)38(56-59(45,46)47)39(36(37)44)57-60(48,49)50;;;;;;;;;;;;/h31,34-39,42-44H,3,5,7,9,11,13,15-16,18,20,22,24,26,28-30H2,1-2H3,(H,51,52)(H2,45,46,47)(H2,48,49,50);1H3;11*1H/t31-,34?,35-,36+,37?,38?,39+;;;;;;;;;;;;/m1............/s1. The summed E-state index contributed by atoms with van der Waals surface area (Å²) in [6.45, 7) is 1.99. The predicted molar refractivity (Wildman–Crippen MR) is 244 cm³/mol. The molecule has 4 unspecified atom stereocenters. The number of aliphatic hydroxyl groups excluding tert-OH is 3. The molecule has 0 heterocycles. The number of aliphatic hydroxyl groups is 3. The van der Waals surface area contributed by atoms with E-state index in [9.17, 15) is 63.1 Å². The molecule has 0 bridgehead atoms. The fraction of sp³-hybridized carbons (Fsp3) is 0.641. The molecule has 62 heavy (non-hydrogen) atoms. The molecule has 0 aliphatic heterocycles. The van der Waals surface area contributed by atoms with Crippen molar-refractivity contribution in [2.75, 3.05) is 13.2 Å². The third-order valence-corrected chi connectivity index (χ3v) is 10.3. The minimum absolute atomic E-state index is 0. The first-order valence-corrected chi connectivity index (χ1v) is 23.8. The van der Waals surface area contributed by atoms with Gasteiger partial charge in [-0.25, -0.2) is 18.5 Å². The van der Waals surface area contributed by atoms with E-state index in [1.165, 1.54) is 44.9 Å². The molecule has 0 amide bonds. The number of esters is 2. The van der Waals surface area contributed by atoms with Crippen LogP contribution in [0.3, 0.4) is 0 Å².